The molecule has 4 aromatic rings. The molecule has 0 aliphatic heterocycles. The van der Waals surface area contributed by atoms with E-state index in [2.05, 4.69) is 118 Å². The molecule has 2 aliphatic rings. The Kier molecular flexibility index (Phi) is 9.10. The van der Waals surface area contributed by atoms with Crippen molar-refractivity contribution in [2.45, 2.75) is 42.9 Å². The molecule has 4 aromatic carbocycles. The smallest absolute Gasteiger partial charge is 1.00 e. The van der Waals surface area contributed by atoms with Crippen LogP contribution in [0, 0.1) is 5.92 Å². The second kappa shape index (κ2) is 11.8. The summed E-state index contributed by atoms with van der Waals surface area (Å²) in [4.78, 5) is 0. The minimum Gasteiger partial charge on any atom is -1.00 e. The largest absolute Gasteiger partial charge is 1.00 e. The summed E-state index contributed by atoms with van der Waals surface area (Å²) in [6.45, 7) is 9.76. The molecule has 0 nitrogen and oxygen atoms in total. The Balaban J connectivity index is 0.00000168. The number of hydrogen-bond donors (Lipinski definition) is 0. The van der Waals surface area contributed by atoms with Gasteiger partial charge in [0.1, 0.15) is 0 Å². The topological polar surface area (TPSA) is 0 Å². The van der Waals surface area contributed by atoms with E-state index in [-0.39, 0.29) is 24.8 Å². The first kappa shape index (κ1) is 29.3. The summed E-state index contributed by atoms with van der Waals surface area (Å²) in [5.41, 5.74) is 15.0. The van der Waals surface area contributed by atoms with E-state index in [1.807, 2.05) is 0 Å². The third-order valence-corrected chi connectivity index (χ3v) is 11.2. The first-order valence-corrected chi connectivity index (χ1v) is 17.6. The average molecular weight is 632 g/mol. The fraction of sp³-hybridized carbons (Fsp3) is 0.235. The molecule has 2 unspecified atom stereocenters. The number of rotatable bonds is 5. The summed E-state index contributed by atoms with van der Waals surface area (Å²) in [5, 5.41) is 1.66. The van der Waals surface area contributed by atoms with E-state index in [1.54, 1.807) is 46.6 Å². The predicted molar refractivity (Wildman–Crippen MR) is 153 cm³/mol. The van der Waals surface area contributed by atoms with Gasteiger partial charge in [0.15, 0.2) is 0 Å². The molecule has 0 radical (unpaired) electrons. The number of hydrogen-bond acceptors (Lipinski definition) is 0. The Labute approximate surface area is 257 Å². The molecule has 0 bridgehead atoms. The molecular formula is C34H33Cl2SiZr. The van der Waals surface area contributed by atoms with Gasteiger partial charge in [-0.3, -0.25) is 0 Å². The van der Waals surface area contributed by atoms with Gasteiger partial charge in [0.2, 0.25) is 0 Å². The van der Waals surface area contributed by atoms with E-state index in [0.717, 1.165) is 6.42 Å². The fourth-order valence-corrected chi connectivity index (χ4v) is 9.31. The molecule has 0 aromatic heterocycles. The molecule has 0 N–H and O–H groups in total. The molecule has 2 aliphatic carbocycles. The van der Waals surface area contributed by atoms with Crippen LogP contribution in [0.3, 0.4) is 0 Å². The van der Waals surface area contributed by atoms with Crippen LogP contribution in [0.15, 0.2) is 90.5 Å². The van der Waals surface area contributed by atoms with Crippen LogP contribution in [0.4, 0.5) is 0 Å². The van der Waals surface area contributed by atoms with Gasteiger partial charge in [0.05, 0.1) is 0 Å². The second-order valence-corrected chi connectivity index (χ2v) is 15.5. The van der Waals surface area contributed by atoms with Gasteiger partial charge in [-0.15, -0.1) is 0 Å². The van der Waals surface area contributed by atoms with E-state index in [0.29, 0.717) is 15.5 Å². The van der Waals surface area contributed by atoms with E-state index in [4.69, 9.17) is 0 Å². The third kappa shape index (κ3) is 4.88. The van der Waals surface area contributed by atoms with Crippen LogP contribution in [0.1, 0.15) is 57.6 Å². The SMILES string of the molecule is CC(C)CC1=Cc2c(-c3ccccc3)cccc2C1c1c([SiH](C)C)ccc2c1[CH]([Zr+2])c1ccccc1-2.[Cl-].[Cl-]. The Morgan fingerprint density at radius 2 is 1.37 bits per heavy atom. The van der Waals surface area contributed by atoms with Crippen LogP contribution >= 0.6 is 0 Å². The molecule has 38 heavy (non-hydrogen) atoms. The van der Waals surface area contributed by atoms with E-state index in [9.17, 15) is 0 Å². The average Bonchev–Trinajstić information content (AvgIpc) is 3.38. The van der Waals surface area contributed by atoms with Crippen molar-refractivity contribution in [3.8, 4) is 22.3 Å². The molecule has 0 fully saturated rings. The minimum atomic E-state index is -1.05. The molecular weight excluding hydrogens is 599 g/mol. The number of halogens is 2. The first-order chi connectivity index (χ1) is 17.5. The monoisotopic (exact) mass is 629 g/mol. The number of benzene rings is 4. The normalized spacial score (nSPS) is 16.9. The molecule has 2 atom stereocenters. The van der Waals surface area contributed by atoms with Crippen molar-refractivity contribution in [2.75, 3.05) is 0 Å². The number of allylic oxidation sites excluding steroid dienone is 1. The van der Waals surface area contributed by atoms with Crippen molar-refractivity contribution in [2.24, 2.45) is 5.92 Å². The Hall–Kier alpha value is -1.70. The van der Waals surface area contributed by atoms with Crippen LogP contribution in [0.5, 0.6) is 0 Å². The zero-order valence-corrected chi connectivity index (χ0v) is 27.6. The van der Waals surface area contributed by atoms with Gasteiger partial charge in [0, 0.05) is 0 Å². The summed E-state index contributed by atoms with van der Waals surface area (Å²) in [7, 11) is -1.05. The van der Waals surface area contributed by atoms with Crippen molar-refractivity contribution in [1.29, 1.82) is 0 Å². The summed E-state index contributed by atoms with van der Waals surface area (Å²) < 4.78 is 0.521. The maximum Gasteiger partial charge on any atom is -1.00 e. The fourth-order valence-electron chi connectivity index (χ4n) is 6.50. The van der Waals surface area contributed by atoms with Crippen molar-refractivity contribution >= 4 is 20.1 Å². The Bertz CT molecular complexity index is 1490. The van der Waals surface area contributed by atoms with Gasteiger partial charge < -0.3 is 24.8 Å². The van der Waals surface area contributed by atoms with Crippen LogP contribution in [-0.4, -0.2) is 8.80 Å². The number of fused-ring (bicyclic) bond motifs is 4. The maximum absolute atomic E-state index is 2.56. The standard InChI is InChI=1S/C34H33Si.2ClH.Zr/c1-22(2)19-25-21-30-26(23-11-6-5-7-12-23)15-10-16-29(30)33(25)34-31-20-24-13-8-9-14-27(24)28(31)17-18-32(34)35(3)4;;;/h5-18,20-22,33,35H,19H2,1-4H3;2*1H;/q;;;+2/p-2. The third-order valence-electron chi connectivity index (χ3n) is 7.96. The molecule has 0 saturated heterocycles. The molecule has 6 rings (SSSR count). The van der Waals surface area contributed by atoms with Crippen molar-refractivity contribution in [3.05, 3.63) is 118 Å². The van der Waals surface area contributed by atoms with Gasteiger partial charge in [-0.2, -0.15) is 0 Å². The zero-order chi connectivity index (χ0) is 25.0. The predicted octanol–water partition coefficient (Wildman–Crippen LogP) is 2.25. The van der Waals surface area contributed by atoms with E-state index < -0.39 is 8.80 Å². The summed E-state index contributed by atoms with van der Waals surface area (Å²) in [5.74, 6) is 0.994. The van der Waals surface area contributed by atoms with Crippen LogP contribution in [0.25, 0.3) is 28.3 Å². The van der Waals surface area contributed by atoms with Gasteiger partial charge in [-0.1, -0.05) is 0 Å². The van der Waals surface area contributed by atoms with E-state index >= 15 is 0 Å². The first-order valence-electron chi connectivity index (χ1n) is 13.3. The van der Waals surface area contributed by atoms with Crippen LogP contribution < -0.4 is 30.0 Å². The van der Waals surface area contributed by atoms with E-state index in [1.165, 1.54) is 38.9 Å². The van der Waals surface area contributed by atoms with Crippen LogP contribution in [-0.2, 0) is 24.7 Å². The van der Waals surface area contributed by atoms with Crippen LogP contribution in [0.2, 0.25) is 13.1 Å². The summed E-state index contributed by atoms with van der Waals surface area (Å²) >= 11 is 1.60. The molecule has 0 heterocycles. The molecule has 0 spiro atoms. The van der Waals surface area contributed by atoms with Crippen molar-refractivity contribution < 1.29 is 49.5 Å². The Morgan fingerprint density at radius 3 is 2.08 bits per heavy atom. The molecule has 0 amide bonds. The van der Waals surface area contributed by atoms with Gasteiger partial charge in [-0.25, -0.2) is 0 Å². The molecule has 4 heteroatoms. The zero-order valence-electron chi connectivity index (χ0n) is 22.4. The van der Waals surface area contributed by atoms with Gasteiger partial charge >= 0.3 is 234 Å². The molecule has 191 valence electrons. The molecule has 0 saturated carbocycles. The second-order valence-electron chi connectivity index (χ2n) is 11.1. The minimum absolute atomic E-state index is 0. The van der Waals surface area contributed by atoms with Gasteiger partial charge in [-0.05, 0) is 0 Å². The summed E-state index contributed by atoms with van der Waals surface area (Å²) in [6.07, 6.45) is 3.71. The van der Waals surface area contributed by atoms with Crippen molar-refractivity contribution in [3.63, 3.8) is 0 Å². The quantitative estimate of drug-likeness (QED) is 0.297. The summed E-state index contributed by atoms with van der Waals surface area (Å²) in [6, 6.07) is 32.1. The van der Waals surface area contributed by atoms with Crippen molar-refractivity contribution in [1.82, 2.24) is 0 Å². The maximum atomic E-state index is 2.56. The van der Waals surface area contributed by atoms with Gasteiger partial charge in [0.25, 0.3) is 0 Å². The Morgan fingerprint density at radius 1 is 0.711 bits per heavy atom.